The number of carbonyl (C=O) groups is 1. The molecule has 1 aliphatic heterocycles. The van der Waals surface area contributed by atoms with Crippen LogP contribution in [-0.4, -0.2) is 18.9 Å². The van der Waals surface area contributed by atoms with Crippen molar-refractivity contribution in [1.82, 2.24) is 5.32 Å². The van der Waals surface area contributed by atoms with Crippen molar-refractivity contribution in [3.8, 4) is 0 Å². The second-order valence-corrected chi connectivity index (χ2v) is 3.54. The summed E-state index contributed by atoms with van der Waals surface area (Å²) in [5.41, 5.74) is 0. The summed E-state index contributed by atoms with van der Waals surface area (Å²) in [5, 5.41) is 3.28. The molecule has 0 aliphatic carbocycles. The Bertz CT molecular complexity index is 177. The standard InChI is InChI=1S/C10H17NO/c1-3-4-10(12)9-5-6-11-7-8(9)2/h3,8-9,11H,1,4-7H2,2H3. The van der Waals surface area contributed by atoms with Crippen LogP contribution < -0.4 is 5.32 Å². The lowest BCUT2D eigenvalue weighted by molar-refractivity contribution is -0.124. The number of hydrogen-bond acceptors (Lipinski definition) is 2. The Morgan fingerprint density at radius 3 is 3.08 bits per heavy atom. The maximum atomic E-state index is 11.5. The third kappa shape index (κ3) is 2.18. The van der Waals surface area contributed by atoms with Gasteiger partial charge in [0.05, 0.1) is 0 Å². The molecule has 2 atom stereocenters. The van der Waals surface area contributed by atoms with Crippen LogP contribution in [0, 0.1) is 11.8 Å². The van der Waals surface area contributed by atoms with E-state index in [1.807, 2.05) is 0 Å². The van der Waals surface area contributed by atoms with Crippen molar-refractivity contribution < 1.29 is 4.79 Å². The second kappa shape index (κ2) is 4.41. The summed E-state index contributed by atoms with van der Waals surface area (Å²) < 4.78 is 0. The lowest BCUT2D eigenvalue weighted by Crippen LogP contribution is -2.38. The van der Waals surface area contributed by atoms with Crippen LogP contribution in [0.15, 0.2) is 12.7 Å². The molecule has 1 N–H and O–H groups in total. The first-order valence-corrected chi connectivity index (χ1v) is 4.60. The number of allylic oxidation sites excluding steroid dienone is 1. The van der Waals surface area contributed by atoms with Crippen molar-refractivity contribution in [3.63, 3.8) is 0 Å². The smallest absolute Gasteiger partial charge is 0.140 e. The Balaban J connectivity index is 2.47. The highest BCUT2D eigenvalue weighted by molar-refractivity contribution is 5.82. The molecule has 0 aromatic rings. The van der Waals surface area contributed by atoms with Crippen LogP contribution in [0.5, 0.6) is 0 Å². The van der Waals surface area contributed by atoms with Gasteiger partial charge in [-0.15, -0.1) is 6.58 Å². The summed E-state index contributed by atoms with van der Waals surface area (Å²) in [5.74, 6) is 1.12. The predicted octanol–water partition coefficient (Wildman–Crippen LogP) is 1.38. The van der Waals surface area contributed by atoms with E-state index in [0.717, 1.165) is 19.5 Å². The Kier molecular flexibility index (Phi) is 3.48. The molecule has 0 spiro atoms. The molecule has 1 rings (SSSR count). The zero-order valence-electron chi connectivity index (χ0n) is 7.68. The Labute approximate surface area is 74.0 Å². The van der Waals surface area contributed by atoms with Crippen LogP contribution in [0.3, 0.4) is 0 Å². The van der Waals surface area contributed by atoms with E-state index in [-0.39, 0.29) is 5.92 Å². The summed E-state index contributed by atoms with van der Waals surface area (Å²) in [7, 11) is 0. The van der Waals surface area contributed by atoms with Crippen LogP contribution in [0.2, 0.25) is 0 Å². The van der Waals surface area contributed by atoms with E-state index in [1.54, 1.807) is 6.08 Å². The molecule has 0 aromatic heterocycles. The summed E-state index contributed by atoms with van der Waals surface area (Å²) in [6, 6.07) is 0. The molecule has 1 heterocycles. The Morgan fingerprint density at radius 2 is 2.50 bits per heavy atom. The summed E-state index contributed by atoms with van der Waals surface area (Å²) in [6.45, 7) is 7.68. The van der Waals surface area contributed by atoms with Gasteiger partial charge < -0.3 is 5.32 Å². The molecule has 68 valence electrons. The lowest BCUT2D eigenvalue weighted by atomic mass is 9.83. The van der Waals surface area contributed by atoms with Crippen molar-refractivity contribution >= 4 is 5.78 Å². The van der Waals surface area contributed by atoms with Crippen molar-refractivity contribution in [1.29, 1.82) is 0 Å². The molecule has 0 amide bonds. The average molecular weight is 167 g/mol. The Morgan fingerprint density at radius 1 is 1.75 bits per heavy atom. The fourth-order valence-electron chi connectivity index (χ4n) is 1.79. The molecule has 1 saturated heterocycles. The van der Waals surface area contributed by atoms with E-state index in [0.29, 0.717) is 18.1 Å². The minimum absolute atomic E-state index is 0.268. The fraction of sp³-hybridized carbons (Fsp3) is 0.700. The molecule has 0 bridgehead atoms. The second-order valence-electron chi connectivity index (χ2n) is 3.54. The van der Waals surface area contributed by atoms with E-state index >= 15 is 0 Å². The largest absolute Gasteiger partial charge is 0.316 e. The van der Waals surface area contributed by atoms with Gasteiger partial charge in [0.15, 0.2) is 0 Å². The number of Topliss-reactive ketones (excluding diaryl/α,β-unsaturated/α-hetero) is 1. The van der Waals surface area contributed by atoms with Gasteiger partial charge in [-0.3, -0.25) is 4.79 Å². The van der Waals surface area contributed by atoms with Gasteiger partial charge in [0.2, 0.25) is 0 Å². The molecule has 2 nitrogen and oxygen atoms in total. The molecule has 0 radical (unpaired) electrons. The van der Waals surface area contributed by atoms with Crippen LogP contribution >= 0.6 is 0 Å². The summed E-state index contributed by atoms with van der Waals surface area (Å²) >= 11 is 0. The molecule has 12 heavy (non-hydrogen) atoms. The summed E-state index contributed by atoms with van der Waals surface area (Å²) in [4.78, 5) is 11.5. The van der Waals surface area contributed by atoms with Gasteiger partial charge in [0, 0.05) is 12.3 Å². The lowest BCUT2D eigenvalue weighted by Gasteiger charge is -2.27. The highest BCUT2D eigenvalue weighted by Gasteiger charge is 2.26. The predicted molar refractivity (Wildman–Crippen MR) is 50.0 cm³/mol. The maximum Gasteiger partial charge on any atom is 0.140 e. The fourth-order valence-corrected chi connectivity index (χ4v) is 1.79. The van der Waals surface area contributed by atoms with Crippen LogP contribution in [0.4, 0.5) is 0 Å². The Hall–Kier alpha value is -0.630. The van der Waals surface area contributed by atoms with E-state index < -0.39 is 0 Å². The third-order valence-corrected chi connectivity index (χ3v) is 2.54. The average Bonchev–Trinajstić information content (AvgIpc) is 2.05. The maximum absolute atomic E-state index is 11.5. The number of ketones is 1. The van der Waals surface area contributed by atoms with Crippen LogP contribution in [0.1, 0.15) is 19.8 Å². The highest BCUT2D eigenvalue weighted by Crippen LogP contribution is 2.20. The third-order valence-electron chi connectivity index (χ3n) is 2.54. The monoisotopic (exact) mass is 167 g/mol. The number of nitrogens with one attached hydrogen (secondary N) is 1. The molecule has 0 saturated carbocycles. The molecule has 0 aromatic carbocycles. The number of carbonyl (C=O) groups excluding carboxylic acids is 1. The SMILES string of the molecule is C=CCC(=O)C1CCNCC1C. The normalized spacial score (nSPS) is 29.8. The minimum atomic E-state index is 0.268. The quantitative estimate of drug-likeness (QED) is 0.643. The zero-order valence-corrected chi connectivity index (χ0v) is 7.68. The van der Waals surface area contributed by atoms with Crippen molar-refractivity contribution in [3.05, 3.63) is 12.7 Å². The zero-order chi connectivity index (χ0) is 8.97. The summed E-state index contributed by atoms with van der Waals surface area (Å²) in [6.07, 6.45) is 3.24. The number of piperidine rings is 1. The molecule has 1 aliphatic rings. The van der Waals surface area contributed by atoms with E-state index in [2.05, 4.69) is 18.8 Å². The molecule has 2 heteroatoms. The first-order chi connectivity index (χ1) is 5.75. The van der Waals surface area contributed by atoms with E-state index in [4.69, 9.17) is 0 Å². The minimum Gasteiger partial charge on any atom is -0.316 e. The van der Waals surface area contributed by atoms with E-state index in [1.165, 1.54) is 0 Å². The molecule has 1 fully saturated rings. The molecular weight excluding hydrogens is 150 g/mol. The van der Waals surface area contributed by atoms with E-state index in [9.17, 15) is 4.79 Å². The van der Waals surface area contributed by atoms with Gasteiger partial charge in [0.25, 0.3) is 0 Å². The van der Waals surface area contributed by atoms with Gasteiger partial charge in [-0.25, -0.2) is 0 Å². The van der Waals surface area contributed by atoms with Crippen molar-refractivity contribution in [2.75, 3.05) is 13.1 Å². The highest BCUT2D eigenvalue weighted by atomic mass is 16.1. The van der Waals surface area contributed by atoms with Gasteiger partial charge in [-0.1, -0.05) is 13.0 Å². The van der Waals surface area contributed by atoms with Crippen LogP contribution in [0.25, 0.3) is 0 Å². The van der Waals surface area contributed by atoms with Gasteiger partial charge in [-0.05, 0) is 25.4 Å². The van der Waals surface area contributed by atoms with Gasteiger partial charge in [-0.2, -0.15) is 0 Å². The van der Waals surface area contributed by atoms with Crippen molar-refractivity contribution in [2.24, 2.45) is 11.8 Å². The first kappa shape index (κ1) is 9.46. The molecule has 2 unspecified atom stereocenters. The van der Waals surface area contributed by atoms with Crippen molar-refractivity contribution in [2.45, 2.75) is 19.8 Å². The topological polar surface area (TPSA) is 29.1 Å². The van der Waals surface area contributed by atoms with Gasteiger partial charge in [0.1, 0.15) is 5.78 Å². The number of hydrogen-bond donors (Lipinski definition) is 1. The number of rotatable bonds is 3. The molecular formula is C10H17NO. The van der Waals surface area contributed by atoms with Crippen LogP contribution in [-0.2, 0) is 4.79 Å². The van der Waals surface area contributed by atoms with Gasteiger partial charge >= 0.3 is 0 Å². The first-order valence-electron chi connectivity index (χ1n) is 4.60.